The Balaban J connectivity index is 3.03. The number of ether oxygens (including phenoxy) is 1. The van der Waals surface area contributed by atoms with Crippen molar-refractivity contribution in [3.05, 3.63) is 0 Å². The average Bonchev–Trinajstić information content (AvgIpc) is 1.99. The summed E-state index contributed by atoms with van der Waals surface area (Å²) >= 11 is 0. The lowest BCUT2D eigenvalue weighted by Crippen LogP contribution is -2.05. The van der Waals surface area contributed by atoms with Crippen molar-refractivity contribution in [3.63, 3.8) is 0 Å². The van der Waals surface area contributed by atoms with Crippen LogP contribution in [0.2, 0.25) is 0 Å². The number of carbonyl (C=O) groups excluding carboxylic acids is 1. The first kappa shape index (κ1) is 10.5. The quantitative estimate of drug-likeness (QED) is 0.420. The summed E-state index contributed by atoms with van der Waals surface area (Å²) in [5, 5.41) is 0. The lowest BCUT2D eigenvalue weighted by Gasteiger charge is -2.07. The molecule has 0 amide bonds. The molecule has 66 valence electrons. The van der Waals surface area contributed by atoms with Crippen molar-refractivity contribution in [2.24, 2.45) is 0 Å². The molecule has 2 nitrogen and oxygen atoms in total. The Labute approximate surface area is 68.9 Å². The Morgan fingerprint density at radius 3 is 2.64 bits per heavy atom. The van der Waals surface area contributed by atoms with Crippen LogP contribution in [-0.4, -0.2) is 12.6 Å². The zero-order valence-corrected chi connectivity index (χ0v) is 7.51. The van der Waals surface area contributed by atoms with E-state index in [-0.39, 0.29) is 6.10 Å². The minimum atomic E-state index is 0.101. The van der Waals surface area contributed by atoms with E-state index in [9.17, 15) is 4.79 Å². The Bertz CT molecular complexity index is 91.6. The van der Waals surface area contributed by atoms with Crippen LogP contribution < -0.4 is 0 Å². The van der Waals surface area contributed by atoms with Crippen LogP contribution >= 0.6 is 0 Å². The van der Waals surface area contributed by atoms with Crippen molar-refractivity contribution in [3.8, 4) is 0 Å². The van der Waals surface area contributed by atoms with E-state index in [1.54, 1.807) is 0 Å². The summed E-state index contributed by atoms with van der Waals surface area (Å²) in [5.41, 5.74) is 0. The second-order valence-corrected chi connectivity index (χ2v) is 2.89. The van der Waals surface area contributed by atoms with E-state index in [2.05, 4.69) is 6.92 Å². The van der Waals surface area contributed by atoms with Gasteiger partial charge in [-0.1, -0.05) is 26.2 Å². The van der Waals surface area contributed by atoms with Gasteiger partial charge in [-0.25, -0.2) is 0 Å². The molecule has 0 N–H and O–H groups in total. The number of hydrogen-bond donors (Lipinski definition) is 0. The van der Waals surface area contributed by atoms with Crippen LogP contribution in [0, 0.1) is 0 Å². The highest BCUT2D eigenvalue weighted by molar-refractivity contribution is 5.37. The lowest BCUT2D eigenvalue weighted by atomic mass is 10.1. The van der Waals surface area contributed by atoms with Gasteiger partial charge in [-0.15, -0.1) is 0 Å². The van der Waals surface area contributed by atoms with Gasteiger partial charge in [-0.3, -0.25) is 4.79 Å². The van der Waals surface area contributed by atoms with E-state index in [0.29, 0.717) is 6.47 Å². The third kappa shape index (κ3) is 7.37. The predicted molar refractivity (Wildman–Crippen MR) is 45.4 cm³/mol. The molecule has 0 fully saturated rings. The molecule has 0 aromatic carbocycles. The first-order chi connectivity index (χ1) is 5.31. The van der Waals surface area contributed by atoms with Crippen LogP contribution in [0.15, 0.2) is 0 Å². The molecule has 0 saturated carbocycles. The van der Waals surface area contributed by atoms with E-state index in [0.717, 1.165) is 6.42 Å². The van der Waals surface area contributed by atoms with Crippen LogP contribution in [0.5, 0.6) is 0 Å². The molecule has 0 heterocycles. The zero-order chi connectivity index (χ0) is 8.53. The lowest BCUT2D eigenvalue weighted by molar-refractivity contribution is -0.133. The number of unbranched alkanes of at least 4 members (excludes halogenated alkanes) is 3. The summed E-state index contributed by atoms with van der Waals surface area (Å²) in [7, 11) is 0. The largest absolute Gasteiger partial charge is 0.465 e. The molecule has 0 saturated heterocycles. The van der Waals surface area contributed by atoms with Crippen molar-refractivity contribution in [2.75, 3.05) is 0 Å². The van der Waals surface area contributed by atoms with Gasteiger partial charge in [-0.2, -0.15) is 0 Å². The van der Waals surface area contributed by atoms with Gasteiger partial charge in [0.15, 0.2) is 0 Å². The van der Waals surface area contributed by atoms with Gasteiger partial charge in [0.1, 0.15) is 0 Å². The van der Waals surface area contributed by atoms with Gasteiger partial charge in [0.2, 0.25) is 0 Å². The summed E-state index contributed by atoms with van der Waals surface area (Å²) in [6.45, 7) is 4.65. The van der Waals surface area contributed by atoms with Crippen LogP contribution in [0.1, 0.15) is 46.0 Å². The Hall–Kier alpha value is -0.530. The fraction of sp³-hybridized carbons (Fsp3) is 0.889. The van der Waals surface area contributed by atoms with Crippen molar-refractivity contribution >= 4 is 6.47 Å². The third-order valence-corrected chi connectivity index (χ3v) is 1.75. The second-order valence-electron chi connectivity index (χ2n) is 2.89. The van der Waals surface area contributed by atoms with Crippen LogP contribution in [0.4, 0.5) is 0 Å². The van der Waals surface area contributed by atoms with Gasteiger partial charge in [-0.05, 0) is 19.8 Å². The monoisotopic (exact) mass is 158 g/mol. The minimum Gasteiger partial charge on any atom is -0.465 e. The van der Waals surface area contributed by atoms with Crippen LogP contribution in [-0.2, 0) is 9.53 Å². The SMILES string of the molecule is CCCCCC[C@@H](C)OC=O. The smallest absolute Gasteiger partial charge is 0.293 e. The van der Waals surface area contributed by atoms with E-state index >= 15 is 0 Å². The van der Waals surface area contributed by atoms with Crippen molar-refractivity contribution in [1.29, 1.82) is 0 Å². The van der Waals surface area contributed by atoms with Gasteiger partial charge >= 0.3 is 0 Å². The summed E-state index contributed by atoms with van der Waals surface area (Å²) in [6, 6.07) is 0. The normalized spacial score (nSPS) is 12.5. The Morgan fingerprint density at radius 1 is 1.36 bits per heavy atom. The van der Waals surface area contributed by atoms with Gasteiger partial charge < -0.3 is 4.74 Å². The maximum atomic E-state index is 9.88. The standard InChI is InChI=1S/C9H18O2/c1-3-4-5-6-7-9(2)11-8-10/h8-9H,3-7H2,1-2H3/t9-/m1/s1. The van der Waals surface area contributed by atoms with Crippen molar-refractivity contribution in [2.45, 2.75) is 52.1 Å². The summed E-state index contributed by atoms with van der Waals surface area (Å²) in [4.78, 5) is 9.88. The molecule has 0 bridgehead atoms. The molecule has 0 rings (SSSR count). The molecule has 0 aliphatic heterocycles. The average molecular weight is 158 g/mol. The van der Waals surface area contributed by atoms with Gasteiger partial charge in [0, 0.05) is 0 Å². The first-order valence-electron chi connectivity index (χ1n) is 4.40. The number of hydrogen-bond acceptors (Lipinski definition) is 2. The fourth-order valence-electron chi connectivity index (χ4n) is 1.02. The maximum absolute atomic E-state index is 9.88. The van der Waals surface area contributed by atoms with E-state index < -0.39 is 0 Å². The van der Waals surface area contributed by atoms with Crippen LogP contribution in [0.25, 0.3) is 0 Å². The fourth-order valence-corrected chi connectivity index (χ4v) is 1.02. The third-order valence-electron chi connectivity index (χ3n) is 1.75. The van der Waals surface area contributed by atoms with Crippen LogP contribution in [0.3, 0.4) is 0 Å². The molecule has 0 radical (unpaired) electrons. The molecular weight excluding hydrogens is 140 g/mol. The molecule has 1 atom stereocenters. The number of rotatable bonds is 7. The molecule has 0 aliphatic carbocycles. The zero-order valence-electron chi connectivity index (χ0n) is 7.51. The van der Waals surface area contributed by atoms with Crippen molar-refractivity contribution in [1.82, 2.24) is 0 Å². The topological polar surface area (TPSA) is 26.3 Å². The maximum Gasteiger partial charge on any atom is 0.293 e. The molecule has 0 aliphatic rings. The molecule has 0 unspecified atom stereocenters. The van der Waals surface area contributed by atoms with E-state index in [1.165, 1.54) is 25.7 Å². The highest BCUT2D eigenvalue weighted by Crippen LogP contribution is 2.06. The van der Waals surface area contributed by atoms with E-state index in [4.69, 9.17) is 4.74 Å². The molecular formula is C9H18O2. The summed E-state index contributed by atoms with van der Waals surface area (Å²) < 4.78 is 4.74. The first-order valence-corrected chi connectivity index (χ1v) is 4.40. The molecule has 0 spiro atoms. The molecule has 11 heavy (non-hydrogen) atoms. The van der Waals surface area contributed by atoms with Gasteiger partial charge in [0.05, 0.1) is 6.10 Å². The predicted octanol–water partition coefficient (Wildman–Crippen LogP) is 2.52. The van der Waals surface area contributed by atoms with E-state index in [1.807, 2.05) is 6.92 Å². The molecule has 2 heteroatoms. The molecule has 0 aromatic rings. The highest BCUT2D eigenvalue weighted by Gasteiger charge is 1.99. The Kier molecular flexibility index (Phi) is 7.21. The second kappa shape index (κ2) is 7.58. The Morgan fingerprint density at radius 2 is 2.09 bits per heavy atom. The summed E-state index contributed by atoms with van der Waals surface area (Å²) in [6.07, 6.45) is 6.06. The van der Waals surface area contributed by atoms with Crippen molar-refractivity contribution < 1.29 is 9.53 Å². The molecule has 0 aromatic heterocycles. The summed E-state index contributed by atoms with van der Waals surface area (Å²) in [5.74, 6) is 0. The van der Waals surface area contributed by atoms with Gasteiger partial charge in [0.25, 0.3) is 6.47 Å². The highest BCUT2D eigenvalue weighted by atomic mass is 16.5. The number of carbonyl (C=O) groups is 1. The minimum absolute atomic E-state index is 0.101.